The zero-order chi connectivity index (χ0) is 18.0. The van der Waals surface area contributed by atoms with Gasteiger partial charge in [-0.15, -0.1) is 0 Å². The number of methoxy groups -OCH3 is 2. The zero-order valence-electron chi connectivity index (χ0n) is 13.7. The van der Waals surface area contributed by atoms with Crippen molar-refractivity contribution in [2.45, 2.75) is 6.42 Å². The minimum atomic E-state index is -0.500. The molecule has 1 aliphatic heterocycles. The summed E-state index contributed by atoms with van der Waals surface area (Å²) in [6, 6.07) is 6.55. The summed E-state index contributed by atoms with van der Waals surface area (Å²) in [4.78, 5) is 23.1. The Morgan fingerprint density at radius 2 is 2.00 bits per heavy atom. The number of nitro groups is 1. The molecule has 1 aliphatic rings. The molecule has 0 amide bonds. The molecule has 25 heavy (non-hydrogen) atoms. The largest absolute Gasteiger partial charge is 0.493 e. The van der Waals surface area contributed by atoms with Crippen LogP contribution in [0.5, 0.6) is 11.5 Å². The lowest BCUT2D eigenvalue weighted by Gasteiger charge is -2.23. The minimum Gasteiger partial charge on any atom is -0.493 e. The van der Waals surface area contributed by atoms with E-state index >= 15 is 0 Å². The first-order valence-electron chi connectivity index (χ1n) is 7.53. The lowest BCUT2D eigenvalue weighted by Crippen LogP contribution is -2.23. The third-order valence-electron chi connectivity index (χ3n) is 3.90. The van der Waals surface area contributed by atoms with Crippen molar-refractivity contribution in [1.82, 2.24) is 5.32 Å². The highest BCUT2D eigenvalue weighted by molar-refractivity contribution is 7.17. The number of thiophene rings is 1. The van der Waals surface area contributed by atoms with Crippen LogP contribution in [0.3, 0.4) is 0 Å². The van der Waals surface area contributed by atoms with E-state index < -0.39 is 4.92 Å². The number of benzene rings is 1. The summed E-state index contributed by atoms with van der Waals surface area (Å²) >= 11 is 0.867. The number of hydrogen-bond acceptors (Lipinski definition) is 7. The monoisotopic (exact) mass is 360 g/mol. The molecule has 0 radical (unpaired) electrons. The molecule has 0 saturated heterocycles. The van der Waals surface area contributed by atoms with Crippen LogP contribution in [0.1, 0.15) is 20.8 Å². The van der Waals surface area contributed by atoms with Gasteiger partial charge in [-0.2, -0.15) is 0 Å². The van der Waals surface area contributed by atoms with Crippen LogP contribution < -0.4 is 14.8 Å². The maximum Gasteiger partial charge on any atom is 0.324 e. The maximum absolute atomic E-state index is 12.5. The van der Waals surface area contributed by atoms with Crippen LogP contribution in [0.2, 0.25) is 0 Å². The van der Waals surface area contributed by atoms with Crippen LogP contribution in [0.25, 0.3) is 5.70 Å². The molecule has 0 fully saturated rings. The molecule has 1 aromatic heterocycles. The third-order valence-corrected chi connectivity index (χ3v) is 4.95. The molecule has 0 spiro atoms. The predicted molar refractivity (Wildman–Crippen MR) is 94.5 cm³/mol. The first kappa shape index (κ1) is 17.0. The molecule has 0 atom stereocenters. The van der Waals surface area contributed by atoms with E-state index in [1.807, 2.05) is 12.1 Å². The average molecular weight is 360 g/mol. The summed E-state index contributed by atoms with van der Waals surface area (Å²) in [5.74, 6) is 0.945. The third kappa shape index (κ3) is 3.34. The zero-order valence-corrected chi connectivity index (χ0v) is 14.5. The van der Waals surface area contributed by atoms with Gasteiger partial charge in [0.05, 0.1) is 24.0 Å². The van der Waals surface area contributed by atoms with Crippen LogP contribution in [-0.2, 0) is 6.42 Å². The van der Waals surface area contributed by atoms with Gasteiger partial charge in [-0.3, -0.25) is 14.9 Å². The van der Waals surface area contributed by atoms with E-state index in [0.717, 1.165) is 28.9 Å². The molecule has 1 aromatic carbocycles. The van der Waals surface area contributed by atoms with Gasteiger partial charge in [0.25, 0.3) is 0 Å². The Morgan fingerprint density at radius 1 is 1.28 bits per heavy atom. The normalized spacial score (nSPS) is 14.6. The minimum absolute atomic E-state index is 0.0508. The van der Waals surface area contributed by atoms with Crippen LogP contribution in [0, 0.1) is 10.1 Å². The van der Waals surface area contributed by atoms with E-state index in [4.69, 9.17) is 9.47 Å². The van der Waals surface area contributed by atoms with E-state index in [1.165, 1.54) is 18.2 Å². The van der Waals surface area contributed by atoms with Gasteiger partial charge in [0, 0.05) is 29.9 Å². The summed E-state index contributed by atoms with van der Waals surface area (Å²) in [5.41, 5.74) is 2.58. The second-order valence-electron chi connectivity index (χ2n) is 5.36. The van der Waals surface area contributed by atoms with Gasteiger partial charge in [-0.25, -0.2) is 0 Å². The fourth-order valence-corrected chi connectivity index (χ4v) is 3.43. The van der Waals surface area contributed by atoms with Crippen molar-refractivity contribution in [2.75, 3.05) is 20.8 Å². The van der Waals surface area contributed by atoms with Gasteiger partial charge in [0.1, 0.15) is 0 Å². The Labute approximate surface area is 148 Å². The van der Waals surface area contributed by atoms with Crippen molar-refractivity contribution in [3.05, 3.63) is 56.5 Å². The van der Waals surface area contributed by atoms with Crippen LogP contribution in [0.15, 0.2) is 30.3 Å². The SMILES string of the molecule is COc1cc2c(cc1OC)C(=CC(=O)c1ccc([N+](=O)[O-])s1)NCC2. The summed E-state index contributed by atoms with van der Waals surface area (Å²) in [5, 5.41) is 13.9. The van der Waals surface area contributed by atoms with Gasteiger partial charge in [-0.05, 0) is 30.2 Å². The van der Waals surface area contributed by atoms with Crippen LogP contribution in [-0.4, -0.2) is 31.5 Å². The van der Waals surface area contributed by atoms with Crippen LogP contribution in [0.4, 0.5) is 5.00 Å². The number of carbonyl (C=O) groups is 1. The Hall–Kier alpha value is -2.87. The quantitative estimate of drug-likeness (QED) is 0.381. The highest BCUT2D eigenvalue weighted by Gasteiger charge is 2.20. The highest BCUT2D eigenvalue weighted by Crippen LogP contribution is 2.35. The van der Waals surface area contributed by atoms with Crippen molar-refractivity contribution in [2.24, 2.45) is 0 Å². The molecule has 130 valence electrons. The molecule has 7 nitrogen and oxygen atoms in total. The predicted octanol–water partition coefficient (Wildman–Crippen LogP) is 3.04. The molecule has 2 heterocycles. The molecule has 2 aromatic rings. The van der Waals surface area contributed by atoms with Gasteiger partial charge in [0.15, 0.2) is 17.3 Å². The number of hydrogen-bond donors (Lipinski definition) is 1. The molecule has 0 unspecified atom stereocenters. The number of fused-ring (bicyclic) bond motifs is 1. The van der Waals surface area contributed by atoms with Gasteiger partial charge < -0.3 is 14.8 Å². The molecule has 3 rings (SSSR count). The Morgan fingerprint density at radius 3 is 2.64 bits per heavy atom. The number of rotatable bonds is 5. The smallest absolute Gasteiger partial charge is 0.324 e. The molecule has 1 N–H and O–H groups in total. The van der Waals surface area contributed by atoms with Crippen molar-refractivity contribution in [3.63, 3.8) is 0 Å². The molecule has 0 saturated carbocycles. The Bertz CT molecular complexity index is 872. The average Bonchev–Trinajstić information content (AvgIpc) is 3.11. The first-order valence-corrected chi connectivity index (χ1v) is 8.34. The fourth-order valence-electron chi connectivity index (χ4n) is 2.69. The Balaban J connectivity index is 1.97. The summed E-state index contributed by atoms with van der Waals surface area (Å²) in [6.07, 6.45) is 2.27. The molecule has 8 heteroatoms. The second kappa shape index (κ2) is 6.94. The molecule has 0 aliphatic carbocycles. The van der Waals surface area contributed by atoms with Crippen molar-refractivity contribution in [3.8, 4) is 11.5 Å². The second-order valence-corrected chi connectivity index (χ2v) is 6.42. The molecule has 0 bridgehead atoms. The number of nitrogens with one attached hydrogen (secondary N) is 1. The summed E-state index contributed by atoms with van der Waals surface area (Å²) in [6.45, 7) is 0.687. The van der Waals surface area contributed by atoms with Crippen molar-refractivity contribution >= 4 is 27.8 Å². The first-order chi connectivity index (χ1) is 12.0. The number of ketones is 1. The van der Waals surface area contributed by atoms with E-state index in [9.17, 15) is 14.9 Å². The topological polar surface area (TPSA) is 90.7 Å². The standard InChI is InChI=1S/C17H16N2O5S/c1-23-14-7-10-5-6-18-12(11(10)8-15(14)24-2)9-13(20)16-3-4-17(25-16)19(21)22/h3-4,7-9,18H,5-6H2,1-2H3. The summed E-state index contributed by atoms with van der Waals surface area (Å²) < 4.78 is 10.7. The van der Waals surface area contributed by atoms with Gasteiger partial charge >= 0.3 is 5.00 Å². The lowest BCUT2D eigenvalue weighted by molar-refractivity contribution is -0.380. The van der Waals surface area contributed by atoms with Crippen LogP contribution >= 0.6 is 11.3 Å². The number of carbonyl (C=O) groups excluding carboxylic acids is 1. The fraction of sp³-hybridized carbons (Fsp3) is 0.235. The van der Waals surface area contributed by atoms with Gasteiger partial charge in [0.2, 0.25) is 0 Å². The van der Waals surface area contributed by atoms with Crippen molar-refractivity contribution in [1.29, 1.82) is 0 Å². The van der Waals surface area contributed by atoms with Gasteiger partial charge in [-0.1, -0.05) is 11.3 Å². The van der Waals surface area contributed by atoms with E-state index in [1.54, 1.807) is 14.2 Å². The lowest BCUT2D eigenvalue weighted by atomic mass is 9.96. The molecular formula is C17H16N2O5S. The number of nitrogens with zero attached hydrogens (tertiary/aromatic N) is 1. The van der Waals surface area contributed by atoms with E-state index in [-0.39, 0.29) is 10.8 Å². The summed E-state index contributed by atoms with van der Waals surface area (Å²) in [7, 11) is 3.13. The molecular weight excluding hydrogens is 344 g/mol. The van der Waals surface area contributed by atoms with E-state index in [2.05, 4.69) is 5.32 Å². The van der Waals surface area contributed by atoms with Crippen molar-refractivity contribution < 1.29 is 19.2 Å². The Kier molecular flexibility index (Phi) is 4.71. The van der Waals surface area contributed by atoms with E-state index in [0.29, 0.717) is 28.6 Å². The number of allylic oxidation sites excluding steroid dienone is 1. The maximum atomic E-state index is 12.5. The highest BCUT2D eigenvalue weighted by atomic mass is 32.1. The number of ether oxygens (including phenoxy) is 2.